The first-order valence-corrected chi connectivity index (χ1v) is 10.5. The van der Waals surface area contributed by atoms with Crippen LogP contribution in [0, 0.1) is 6.92 Å². The molecule has 8 heteroatoms. The maximum atomic E-state index is 11.7. The van der Waals surface area contributed by atoms with Crippen LogP contribution in [0.3, 0.4) is 0 Å². The number of rotatable bonds is 8. The first-order chi connectivity index (χ1) is 11.8. The molecule has 2 amide bonds. The Labute approximate surface area is 150 Å². The minimum absolute atomic E-state index is 0.191. The molecule has 7 nitrogen and oxygen atoms in total. The highest BCUT2D eigenvalue weighted by Gasteiger charge is 2.24. The van der Waals surface area contributed by atoms with E-state index in [1.165, 1.54) is 11.1 Å². The molecular weight excluding hydrogens is 340 g/mol. The Kier molecular flexibility index (Phi) is 7.22. The van der Waals surface area contributed by atoms with Crippen molar-refractivity contribution in [2.75, 3.05) is 45.5 Å². The van der Waals surface area contributed by atoms with E-state index in [1.54, 1.807) is 0 Å². The van der Waals surface area contributed by atoms with E-state index in [-0.39, 0.29) is 19.1 Å². The Hall–Kier alpha value is -1.64. The molecule has 0 aromatic heterocycles. The van der Waals surface area contributed by atoms with Crippen molar-refractivity contribution in [1.82, 2.24) is 20.3 Å². The Morgan fingerprint density at radius 2 is 1.92 bits per heavy atom. The number of urea groups is 1. The lowest BCUT2D eigenvalue weighted by atomic mass is 9.94. The zero-order valence-corrected chi connectivity index (χ0v) is 15.7. The van der Waals surface area contributed by atoms with Crippen LogP contribution in [0.4, 0.5) is 4.79 Å². The van der Waals surface area contributed by atoms with Crippen molar-refractivity contribution in [2.24, 2.45) is 0 Å². The summed E-state index contributed by atoms with van der Waals surface area (Å²) in [4.78, 5) is 14.0. The van der Waals surface area contributed by atoms with Gasteiger partial charge in [-0.2, -0.15) is 0 Å². The number of hydrogen-bond acceptors (Lipinski definition) is 4. The zero-order chi connectivity index (χ0) is 18.3. The monoisotopic (exact) mass is 368 g/mol. The second-order valence-electron chi connectivity index (χ2n) is 6.49. The molecule has 0 spiro atoms. The number of sulfonamides is 1. The summed E-state index contributed by atoms with van der Waals surface area (Å²) in [5.41, 5.74) is 2.77. The van der Waals surface area contributed by atoms with Gasteiger partial charge < -0.3 is 15.5 Å². The summed E-state index contributed by atoms with van der Waals surface area (Å²) in [7, 11) is -3.21. The number of carbonyl (C=O) groups excluding carboxylic acids is 1. The molecular formula is C17H28N4O3S. The van der Waals surface area contributed by atoms with Gasteiger partial charge in [0, 0.05) is 32.7 Å². The van der Waals surface area contributed by atoms with E-state index >= 15 is 0 Å². The van der Waals surface area contributed by atoms with Crippen molar-refractivity contribution in [3.05, 3.63) is 35.4 Å². The first-order valence-electron chi connectivity index (χ1n) is 8.59. The molecule has 1 aromatic carbocycles. The molecule has 0 unspecified atom stereocenters. The van der Waals surface area contributed by atoms with E-state index < -0.39 is 10.0 Å². The third-order valence-electron chi connectivity index (χ3n) is 4.39. The lowest BCUT2D eigenvalue weighted by molar-refractivity contribution is 0.238. The molecule has 140 valence electrons. The van der Waals surface area contributed by atoms with Gasteiger partial charge in [-0.05, 0) is 36.9 Å². The number of aryl methyl sites for hydroxylation is 1. The summed E-state index contributed by atoms with van der Waals surface area (Å²) in [6, 6.07) is 8.25. The Bertz CT molecular complexity index is 678. The van der Waals surface area contributed by atoms with Gasteiger partial charge in [-0.3, -0.25) is 0 Å². The summed E-state index contributed by atoms with van der Waals surface area (Å²) in [6.45, 7) is 6.06. The van der Waals surface area contributed by atoms with Gasteiger partial charge in [-0.15, -0.1) is 0 Å². The molecule has 1 saturated heterocycles. The van der Waals surface area contributed by atoms with Crippen molar-refractivity contribution in [2.45, 2.75) is 19.3 Å². The van der Waals surface area contributed by atoms with Crippen LogP contribution in [0.5, 0.6) is 0 Å². The normalized spacial score (nSPS) is 18.2. The van der Waals surface area contributed by atoms with E-state index in [1.807, 2.05) is 0 Å². The predicted molar refractivity (Wildman–Crippen MR) is 99.2 cm³/mol. The maximum Gasteiger partial charge on any atom is 0.314 e. The molecule has 1 aromatic rings. The fourth-order valence-corrected chi connectivity index (χ4v) is 3.61. The highest BCUT2D eigenvalue weighted by Crippen LogP contribution is 2.28. The number of carbonyl (C=O) groups is 1. The fourth-order valence-electron chi connectivity index (χ4n) is 3.14. The molecule has 1 fully saturated rings. The van der Waals surface area contributed by atoms with Crippen LogP contribution in [0.2, 0.25) is 0 Å². The highest BCUT2D eigenvalue weighted by molar-refractivity contribution is 7.88. The van der Waals surface area contributed by atoms with Gasteiger partial charge in [0.05, 0.1) is 6.26 Å². The molecule has 0 bridgehead atoms. The average molecular weight is 369 g/mol. The standard InChI is InChI=1S/C17H28N4O3S/c1-14-5-3-4-6-16(14)15-7-11-21(13-15)12-10-19-17(22)18-8-9-20-25(2,23)24/h3-6,15,20H,7-13H2,1-2H3,(H2,18,19,22)/t15-/m0/s1. The molecule has 0 radical (unpaired) electrons. The van der Waals surface area contributed by atoms with Crippen molar-refractivity contribution < 1.29 is 13.2 Å². The Morgan fingerprint density at radius 3 is 2.64 bits per heavy atom. The zero-order valence-electron chi connectivity index (χ0n) is 14.9. The third kappa shape index (κ3) is 7.01. The fraction of sp³-hybridized carbons (Fsp3) is 0.588. The van der Waals surface area contributed by atoms with Gasteiger partial charge in [-0.1, -0.05) is 24.3 Å². The molecule has 1 atom stereocenters. The lowest BCUT2D eigenvalue weighted by Gasteiger charge is -2.17. The molecule has 1 aliphatic heterocycles. The van der Waals surface area contributed by atoms with Crippen molar-refractivity contribution >= 4 is 16.1 Å². The van der Waals surface area contributed by atoms with Gasteiger partial charge >= 0.3 is 6.03 Å². The summed E-state index contributed by atoms with van der Waals surface area (Å²) >= 11 is 0. The number of likely N-dealkylation sites (tertiary alicyclic amines) is 1. The smallest absolute Gasteiger partial charge is 0.314 e. The second kappa shape index (κ2) is 9.17. The topological polar surface area (TPSA) is 90.5 Å². The number of amides is 2. The summed E-state index contributed by atoms with van der Waals surface area (Å²) in [5, 5.41) is 5.43. The van der Waals surface area contributed by atoms with Crippen molar-refractivity contribution in [1.29, 1.82) is 0 Å². The van der Waals surface area contributed by atoms with Crippen LogP contribution >= 0.6 is 0 Å². The number of hydrogen-bond donors (Lipinski definition) is 3. The van der Waals surface area contributed by atoms with Gasteiger partial charge in [0.1, 0.15) is 0 Å². The van der Waals surface area contributed by atoms with Gasteiger partial charge in [0.25, 0.3) is 0 Å². The number of nitrogens with one attached hydrogen (secondary N) is 3. The van der Waals surface area contributed by atoms with Gasteiger partial charge in [0.2, 0.25) is 10.0 Å². The van der Waals surface area contributed by atoms with Crippen molar-refractivity contribution in [3.8, 4) is 0 Å². The van der Waals surface area contributed by atoms with E-state index in [9.17, 15) is 13.2 Å². The quantitative estimate of drug-likeness (QED) is 0.587. The highest BCUT2D eigenvalue weighted by atomic mass is 32.2. The Balaban J connectivity index is 1.61. The molecule has 1 heterocycles. The molecule has 25 heavy (non-hydrogen) atoms. The van der Waals surface area contributed by atoms with Crippen molar-refractivity contribution in [3.63, 3.8) is 0 Å². The predicted octanol–water partition coefficient (Wildman–Crippen LogP) is 0.633. The van der Waals surface area contributed by atoms with Crippen LogP contribution in [0.1, 0.15) is 23.5 Å². The lowest BCUT2D eigenvalue weighted by Crippen LogP contribution is -2.42. The van der Waals surface area contributed by atoms with Gasteiger partial charge in [-0.25, -0.2) is 17.9 Å². The molecule has 2 rings (SSSR count). The molecule has 1 aliphatic rings. The summed E-state index contributed by atoms with van der Waals surface area (Å²) in [6.07, 6.45) is 2.24. The Morgan fingerprint density at radius 1 is 1.20 bits per heavy atom. The van der Waals surface area contributed by atoms with E-state index in [0.29, 0.717) is 12.5 Å². The van der Waals surface area contributed by atoms with Crippen LogP contribution in [0.25, 0.3) is 0 Å². The maximum absolute atomic E-state index is 11.7. The summed E-state index contributed by atoms with van der Waals surface area (Å²) in [5.74, 6) is 0.567. The van der Waals surface area contributed by atoms with Crippen LogP contribution < -0.4 is 15.4 Å². The molecule has 0 saturated carbocycles. The van der Waals surface area contributed by atoms with Crippen LogP contribution in [0.15, 0.2) is 24.3 Å². The minimum Gasteiger partial charge on any atom is -0.337 e. The first kappa shape index (κ1) is 19.7. The average Bonchev–Trinajstić information content (AvgIpc) is 3.00. The largest absolute Gasteiger partial charge is 0.337 e. The number of nitrogens with zero attached hydrogens (tertiary/aromatic N) is 1. The van der Waals surface area contributed by atoms with E-state index in [2.05, 4.69) is 51.4 Å². The van der Waals surface area contributed by atoms with Crippen LogP contribution in [-0.4, -0.2) is 64.9 Å². The van der Waals surface area contributed by atoms with Gasteiger partial charge in [0.15, 0.2) is 0 Å². The SMILES string of the molecule is Cc1ccccc1[C@H]1CCN(CCNC(=O)NCCNS(C)(=O)=O)C1. The van der Waals surface area contributed by atoms with Crippen LogP contribution in [-0.2, 0) is 10.0 Å². The molecule has 0 aliphatic carbocycles. The summed E-state index contributed by atoms with van der Waals surface area (Å²) < 4.78 is 24.1. The van der Waals surface area contributed by atoms with E-state index in [4.69, 9.17) is 0 Å². The third-order valence-corrected chi connectivity index (χ3v) is 5.12. The molecule has 3 N–H and O–H groups in total. The minimum atomic E-state index is -3.21. The van der Waals surface area contributed by atoms with E-state index in [0.717, 1.165) is 32.3 Å². The second-order valence-corrected chi connectivity index (χ2v) is 8.32. The number of benzene rings is 1.